The number of carbonyl (C=O) groups excluding carboxylic acids is 1. The fraction of sp³-hybridized carbons (Fsp3) is 0.182. The fourth-order valence-electron chi connectivity index (χ4n) is 2.93. The van der Waals surface area contributed by atoms with Gasteiger partial charge < -0.3 is 14.6 Å². The zero-order valence-corrected chi connectivity index (χ0v) is 17.3. The molecule has 3 aromatic rings. The zero-order chi connectivity index (χ0) is 21.3. The van der Waals surface area contributed by atoms with Crippen LogP contribution >= 0.6 is 15.9 Å². The van der Waals surface area contributed by atoms with Crippen LogP contribution in [0.2, 0.25) is 0 Å². The third kappa shape index (κ3) is 4.43. The number of hydrogen-bond acceptors (Lipinski definition) is 4. The van der Waals surface area contributed by atoms with Gasteiger partial charge in [0.05, 0.1) is 17.9 Å². The van der Waals surface area contributed by atoms with Crippen molar-refractivity contribution in [1.82, 2.24) is 4.57 Å². The van der Waals surface area contributed by atoms with Crippen molar-refractivity contribution >= 4 is 33.3 Å². The Morgan fingerprint density at radius 1 is 1.17 bits per heavy atom. The molecule has 0 atom stereocenters. The maximum Gasteiger partial charge on any atom is 0.342 e. The molecule has 8 heteroatoms. The van der Waals surface area contributed by atoms with Gasteiger partial charge in [-0.2, -0.15) is 4.39 Å². The second-order valence-corrected chi connectivity index (χ2v) is 7.92. The van der Waals surface area contributed by atoms with Crippen LogP contribution in [0.1, 0.15) is 28.8 Å². The van der Waals surface area contributed by atoms with Crippen molar-refractivity contribution in [3.05, 3.63) is 92.3 Å². The van der Waals surface area contributed by atoms with Crippen molar-refractivity contribution in [3.63, 3.8) is 0 Å². The van der Waals surface area contributed by atoms with Gasteiger partial charge in [-0.3, -0.25) is 4.79 Å². The largest absolute Gasteiger partial charge is 0.459 e. The van der Waals surface area contributed by atoms with Gasteiger partial charge in [-0.1, -0.05) is 46.3 Å². The van der Waals surface area contributed by atoms with E-state index in [0.717, 1.165) is 23.0 Å². The SMILES string of the molecule is O=C(OC1CC1)c1cn(Cc2ccccc2)c(=O)c(F)c1Nc1ccc(Br)cc1F. The van der Waals surface area contributed by atoms with Crippen LogP contribution < -0.4 is 10.9 Å². The first-order chi connectivity index (χ1) is 14.4. The lowest BCUT2D eigenvalue weighted by Crippen LogP contribution is -2.27. The molecule has 1 aliphatic carbocycles. The number of nitrogens with zero attached hydrogens (tertiary/aromatic N) is 1. The Bertz CT molecular complexity index is 1160. The van der Waals surface area contributed by atoms with E-state index in [0.29, 0.717) is 4.47 Å². The highest BCUT2D eigenvalue weighted by molar-refractivity contribution is 9.10. The smallest absolute Gasteiger partial charge is 0.342 e. The van der Waals surface area contributed by atoms with Gasteiger partial charge in [0.2, 0.25) is 5.82 Å². The van der Waals surface area contributed by atoms with Gasteiger partial charge in [0.1, 0.15) is 17.5 Å². The topological polar surface area (TPSA) is 60.3 Å². The Morgan fingerprint density at radius 2 is 1.90 bits per heavy atom. The van der Waals surface area contributed by atoms with Gasteiger partial charge in [0.25, 0.3) is 5.56 Å². The van der Waals surface area contributed by atoms with Crippen LogP contribution in [0.4, 0.5) is 20.2 Å². The Hall–Kier alpha value is -3.00. The number of benzene rings is 2. The molecule has 1 aromatic heterocycles. The van der Waals surface area contributed by atoms with E-state index >= 15 is 4.39 Å². The summed E-state index contributed by atoms with van der Waals surface area (Å²) in [6, 6.07) is 13.1. The number of nitrogens with one attached hydrogen (secondary N) is 1. The van der Waals surface area contributed by atoms with E-state index in [4.69, 9.17) is 4.74 Å². The first-order valence-electron chi connectivity index (χ1n) is 9.32. The lowest BCUT2D eigenvalue weighted by Gasteiger charge is -2.16. The second-order valence-electron chi connectivity index (χ2n) is 7.00. The second kappa shape index (κ2) is 8.39. The molecule has 0 saturated heterocycles. The average molecular weight is 475 g/mol. The van der Waals surface area contributed by atoms with Crippen LogP contribution in [0.5, 0.6) is 0 Å². The highest BCUT2D eigenvalue weighted by Gasteiger charge is 2.30. The van der Waals surface area contributed by atoms with Crippen molar-refractivity contribution in [2.24, 2.45) is 0 Å². The highest BCUT2D eigenvalue weighted by atomic mass is 79.9. The number of aromatic nitrogens is 1. The molecule has 0 amide bonds. The quantitative estimate of drug-likeness (QED) is 0.510. The summed E-state index contributed by atoms with van der Waals surface area (Å²) in [6.07, 6.45) is 2.51. The number of esters is 1. The average Bonchev–Trinajstić information content (AvgIpc) is 3.54. The normalized spacial score (nSPS) is 13.2. The summed E-state index contributed by atoms with van der Waals surface area (Å²) >= 11 is 3.15. The molecule has 1 N–H and O–H groups in total. The van der Waals surface area contributed by atoms with Crippen LogP contribution in [0.15, 0.2) is 64.0 Å². The molecule has 1 fully saturated rings. The molecule has 0 unspecified atom stereocenters. The minimum atomic E-state index is -1.18. The third-order valence-electron chi connectivity index (χ3n) is 4.63. The maximum atomic E-state index is 15.1. The number of halogens is 3. The first-order valence-corrected chi connectivity index (χ1v) is 10.1. The van der Waals surface area contributed by atoms with Gasteiger partial charge >= 0.3 is 5.97 Å². The Kier molecular flexibility index (Phi) is 5.67. The Labute approximate surface area is 179 Å². The summed E-state index contributed by atoms with van der Waals surface area (Å²) in [5.41, 5.74) is -0.812. The van der Waals surface area contributed by atoms with E-state index in [-0.39, 0.29) is 23.9 Å². The summed E-state index contributed by atoms with van der Waals surface area (Å²) < 4.78 is 36.3. The van der Waals surface area contributed by atoms with E-state index < -0.39 is 28.9 Å². The molecule has 0 aliphatic heterocycles. The number of pyridine rings is 1. The molecular formula is C22H17BrF2N2O3. The molecule has 30 heavy (non-hydrogen) atoms. The lowest BCUT2D eigenvalue weighted by molar-refractivity contribution is 0.0472. The van der Waals surface area contributed by atoms with Gasteiger partial charge in [0, 0.05) is 10.7 Å². The number of carbonyl (C=O) groups is 1. The molecule has 2 aromatic carbocycles. The summed E-state index contributed by atoms with van der Waals surface area (Å²) in [5, 5.41) is 2.56. The molecular weight excluding hydrogens is 458 g/mol. The predicted octanol–water partition coefficient (Wildman–Crippen LogP) is 5.00. The highest BCUT2D eigenvalue weighted by Crippen LogP contribution is 2.30. The number of rotatable bonds is 6. The lowest BCUT2D eigenvalue weighted by atomic mass is 10.1. The van der Waals surface area contributed by atoms with Crippen LogP contribution in [0, 0.1) is 11.6 Å². The minimum Gasteiger partial charge on any atom is -0.459 e. The molecule has 1 heterocycles. The van der Waals surface area contributed by atoms with Crippen LogP contribution in [0.3, 0.4) is 0 Å². The summed E-state index contributed by atoms with van der Waals surface area (Å²) in [7, 11) is 0. The molecule has 0 bridgehead atoms. The molecule has 1 aliphatic rings. The van der Waals surface area contributed by atoms with Crippen molar-refractivity contribution in [2.45, 2.75) is 25.5 Å². The minimum absolute atomic E-state index is 0.0715. The molecule has 1 saturated carbocycles. The van der Waals surface area contributed by atoms with Crippen LogP contribution in [-0.4, -0.2) is 16.6 Å². The molecule has 0 radical (unpaired) electrons. The number of hydrogen-bond donors (Lipinski definition) is 1. The van der Waals surface area contributed by atoms with Gasteiger partial charge in [-0.15, -0.1) is 0 Å². The van der Waals surface area contributed by atoms with Crippen molar-refractivity contribution < 1.29 is 18.3 Å². The van der Waals surface area contributed by atoms with Crippen molar-refractivity contribution in [3.8, 4) is 0 Å². The van der Waals surface area contributed by atoms with Crippen molar-refractivity contribution in [1.29, 1.82) is 0 Å². The third-order valence-corrected chi connectivity index (χ3v) is 5.12. The van der Waals surface area contributed by atoms with Gasteiger partial charge in [0.15, 0.2) is 0 Å². The summed E-state index contributed by atoms with van der Waals surface area (Å²) in [6.45, 7) is 0.0766. The fourth-order valence-corrected chi connectivity index (χ4v) is 3.26. The summed E-state index contributed by atoms with van der Waals surface area (Å²) in [4.78, 5) is 25.3. The number of ether oxygens (including phenoxy) is 1. The van der Waals surface area contributed by atoms with E-state index in [1.54, 1.807) is 30.3 Å². The monoisotopic (exact) mass is 474 g/mol. The maximum absolute atomic E-state index is 15.1. The van der Waals surface area contributed by atoms with Gasteiger partial charge in [-0.25, -0.2) is 9.18 Å². The van der Waals surface area contributed by atoms with E-state index in [9.17, 15) is 14.0 Å². The van der Waals surface area contributed by atoms with Gasteiger partial charge in [-0.05, 0) is 36.6 Å². The molecule has 4 rings (SSSR count). The first kappa shape index (κ1) is 20.3. The molecule has 5 nitrogen and oxygen atoms in total. The zero-order valence-electron chi connectivity index (χ0n) is 15.7. The van der Waals surface area contributed by atoms with Crippen molar-refractivity contribution in [2.75, 3.05) is 5.32 Å². The van der Waals surface area contributed by atoms with E-state index in [1.807, 2.05) is 6.07 Å². The predicted molar refractivity (Wildman–Crippen MR) is 112 cm³/mol. The van der Waals surface area contributed by atoms with E-state index in [1.165, 1.54) is 18.3 Å². The van der Waals surface area contributed by atoms with Crippen LogP contribution in [-0.2, 0) is 11.3 Å². The standard InChI is InChI=1S/C22H17BrF2N2O3/c23-14-6-9-18(17(24)10-14)26-20-16(22(29)30-15-7-8-15)12-27(21(28)19(20)25)11-13-4-2-1-3-5-13/h1-6,9-10,12,15,26H,7-8,11H2. The molecule has 0 spiro atoms. The Morgan fingerprint density at radius 3 is 2.57 bits per heavy atom. The number of anilines is 2. The van der Waals surface area contributed by atoms with Crippen LogP contribution in [0.25, 0.3) is 0 Å². The Balaban J connectivity index is 1.77. The summed E-state index contributed by atoms with van der Waals surface area (Å²) in [5.74, 6) is -2.62. The molecule has 154 valence electrons. The van der Waals surface area contributed by atoms with E-state index in [2.05, 4.69) is 21.2 Å².